The van der Waals surface area contributed by atoms with Crippen molar-refractivity contribution in [2.45, 2.75) is 25.8 Å². The molecule has 0 aliphatic rings. The van der Waals surface area contributed by atoms with Gasteiger partial charge in [-0.3, -0.25) is 0 Å². The molecule has 2 N–H and O–H groups in total. The molecule has 0 fully saturated rings. The monoisotopic (exact) mass is 229 g/mol. The second kappa shape index (κ2) is 5.15. The van der Waals surface area contributed by atoms with E-state index in [0.717, 1.165) is 18.7 Å². The molecule has 1 unspecified atom stereocenters. The molecule has 1 atom stereocenters. The zero-order chi connectivity index (χ0) is 12.3. The van der Waals surface area contributed by atoms with Crippen LogP contribution >= 0.6 is 0 Å². The summed E-state index contributed by atoms with van der Waals surface area (Å²) >= 11 is 0. The van der Waals surface area contributed by atoms with Crippen LogP contribution in [-0.2, 0) is 19.9 Å². The Hall–Kier alpha value is -1.61. The van der Waals surface area contributed by atoms with Gasteiger partial charge in [0.05, 0.1) is 0 Å². The number of aryl methyl sites for hydroxylation is 2. The minimum Gasteiger partial charge on any atom is -0.338 e. The summed E-state index contributed by atoms with van der Waals surface area (Å²) in [6.07, 6.45) is 5.56. The minimum atomic E-state index is 0.0206. The van der Waals surface area contributed by atoms with Crippen LogP contribution < -0.4 is 5.73 Å². The van der Waals surface area contributed by atoms with E-state index in [2.05, 4.69) is 30.1 Å². The van der Waals surface area contributed by atoms with E-state index in [4.69, 9.17) is 5.73 Å². The van der Waals surface area contributed by atoms with Gasteiger partial charge in [0.25, 0.3) is 0 Å². The highest BCUT2D eigenvalue weighted by Gasteiger charge is 2.12. The maximum Gasteiger partial charge on any atom is 0.110 e. The molecule has 0 bridgehead atoms. The van der Waals surface area contributed by atoms with Gasteiger partial charge in [0.2, 0.25) is 0 Å². The van der Waals surface area contributed by atoms with Gasteiger partial charge < -0.3 is 10.3 Å². The van der Waals surface area contributed by atoms with Gasteiger partial charge in [0, 0.05) is 31.9 Å². The molecule has 2 rings (SSSR count). The van der Waals surface area contributed by atoms with Crippen molar-refractivity contribution in [3.05, 3.63) is 53.6 Å². The molecule has 3 heteroatoms. The Bertz CT molecular complexity index is 488. The number of hydrogen-bond donors (Lipinski definition) is 1. The maximum absolute atomic E-state index is 6.28. The second-order valence-corrected chi connectivity index (χ2v) is 4.32. The first kappa shape index (κ1) is 11.9. The normalized spacial score (nSPS) is 12.6. The Labute approximate surface area is 102 Å². The summed E-state index contributed by atoms with van der Waals surface area (Å²) in [7, 11) is 2.00. The molecule has 90 valence electrons. The summed E-state index contributed by atoms with van der Waals surface area (Å²) in [5.74, 6) is 1.03. The molecule has 1 heterocycles. The standard InChI is InChI=1S/C14H19N3/c1-3-11-6-4-5-7-12(11)13(15)10-14-16-8-9-17(14)2/h4-9,13H,3,10,15H2,1-2H3. The van der Waals surface area contributed by atoms with Gasteiger partial charge in [0.1, 0.15) is 5.82 Å². The van der Waals surface area contributed by atoms with Gasteiger partial charge in [-0.05, 0) is 17.5 Å². The molecule has 17 heavy (non-hydrogen) atoms. The van der Waals surface area contributed by atoms with Crippen molar-refractivity contribution in [1.29, 1.82) is 0 Å². The number of nitrogens with zero attached hydrogens (tertiary/aromatic N) is 2. The summed E-state index contributed by atoms with van der Waals surface area (Å²) in [5.41, 5.74) is 8.84. The Kier molecular flexibility index (Phi) is 3.59. The first-order valence-corrected chi connectivity index (χ1v) is 6.02. The Balaban J connectivity index is 2.20. The first-order chi connectivity index (χ1) is 8.22. The van der Waals surface area contributed by atoms with Gasteiger partial charge in [-0.2, -0.15) is 0 Å². The van der Waals surface area contributed by atoms with Gasteiger partial charge in [0.15, 0.2) is 0 Å². The van der Waals surface area contributed by atoms with Crippen LogP contribution in [0.2, 0.25) is 0 Å². The van der Waals surface area contributed by atoms with Crippen molar-refractivity contribution in [3.8, 4) is 0 Å². The van der Waals surface area contributed by atoms with Crippen molar-refractivity contribution in [1.82, 2.24) is 9.55 Å². The summed E-state index contributed by atoms with van der Waals surface area (Å²) in [5, 5.41) is 0. The molecule has 2 aromatic rings. The lowest BCUT2D eigenvalue weighted by molar-refractivity contribution is 0.654. The lowest BCUT2D eigenvalue weighted by Crippen LogP contribution is -2.17. The zero-order valence-electron chi connectivity index (χ0n) is 10.4. The van der Waals surface area contributed by atoms with Crippen LogP contribution in [0.1, 0.15) is 29.9 Å². The lowest BCUT2D eigenvalue weighted by Gasteiger charge is -2.15. The van der Waals surface area contributed by atoms with E-state index < -0.39 is 0 Å². The molecule has 1 aromatic carbocycles. The number of aromatic nitrogens is 2. The summed E-state index contributed by atoms with van der Waals surface area (Å²) < 4.78 is 2.02. The van der Waals surface area contributed by atoms with Crippen LogP contribution in [0.5, 0.6) is 0 Å². The maximum atomic E-state index is 6.28. The highest BCUT2D eigenvalue weighted by Crippen LogP contribution is 2.19. The fourth-order valence-electron chi connectivity index (χ4n) is 2.12. The van der Waals surface area contributed by atoms with Crippen molar-refractivity contribution in [2.24, 2.45) is 12.8 Å². The van der Waals surface area contributed by atoms with Crippen molar-refractivity contribution in [2.75, 3.05) is 0 Å². The smallest absolute Gasteiger partial charge is 0.110 e. The number of imidazole rings is 1. The lowest BCUT2D eigenvalue weighted by atomic mass is 9.97. The third-order valence-electron chi connectivity index (χ3n) is 3.16. The highest BCUT2D eigenvalue weighted by atomic mass is 15.0. The van der Waals surface area contributed by atoms with Crippen molar-refractivity contribution < 1.29 is 0 Å². The van der Waals surface area contributed by atoms with Crippen LogP contribution in [0.3, 0.4) is 0 Å². The van der Waals surface area contributed by atoms with E-state index in [0.29, 0.717) is 0 Å². The molecule has 0 saturated carbocycles. The molecule has 1 aromatic heterocycles. The third-order valence-corrected chi connectivity index (χ3v) is 3.16. The van der Waals surface area contributed by atoms with E-state index in [1.54, 1.807) is 0 Å². The van der Waals surface area contributed by atoms with Crippen LogP contribution in [-0.4, -0.2) is 9.55 Å². The van der Waals surface area contributed by atoms with E-state index in [-0.39, 0.29) is 6.04 Å². The van der Waals surface area contributed by atoms with Gasteiger partial charge in [-0.15, -0.1) is 0 Å². The number of benzene rings is 1. The zero-order valence-corrected chi connectivity index (χ0v) is 10.4. The summed E-state index contributed by atoms with van der Waals surface area (Å²) in [6.45, 7) is 2.16. The number of rotatable bonds is 4. The Morgan fingerprint density at radius 3 is 2.76 bits per heavy atom. The molecule has 0 aliphatic heterocycles. The molecule has 0 saturated heterocycles. The van der Waals surface area contributed by atoms with E-state index in [9.17, 15) is 0 Å². The van der Waals surface area contributed by atoms with Crippen molar-refractivity contribution >= 4 is 0 Å². The molecular weight excluding hydrogens is 210 g/mol. The number of nitrogens with two attached hydrogens (primary N) is 1. The van der Waals surface area contributed by atoms with Crippen LogP contribution in [0.15, 0.2) is 36.7 Å². The van der Waals surface area contributed by atoms with Crippen LogP contribution in [0.25, 0.3) is 0 Å². The predicted octanol–water partition coefficient (Wildman–Crippen LogP) is 2.23. The predicted molar refractivity (Wildman–Crippen MR) is 69.7 cm³/mol. The average Bonchev–Trinajstić information content (AvgIpc) is 2.75. The van der Waals surface area contributed by atoms with Gasteiger partial charge in [-0.25, -0.2) is 4.98 Å². The summed E-state index contributed by atoms with van der Waals surface area (Å²) in [4.78, 5) is 4.32. The molecule has 3 nitrogen and oxygen atoms in total. The molecule has 0 radical (unpaired) electrons. The highest BCUT2D eigenvalue weighted by molar-refractivity contribution is 5.30. The topological polar surface area (TPSA) is 43.8 Å². The summed E-state index contributed by atoms with van der Waals surface area (Å²) in [6, 6.07) is 8.40. The number of hydrogen-bond acceptors (Lipinski definition) is 2. The molecular formula is C14H19N3. The van der Waals surface area contributed by atoms with Gasteiger partial charge in [-0.1, -0.05) is 31.2 Å². The average molecular weight is 229 g/mol. The first-order valence-electron chi connectivity index (χ1n) is 6.02. The minimum absolute atomic E-state index is 0.0206. The van der Waals surface area contributed by atoms with Crippen LogP contribution in [0.4, 0.5) is 0 Å². The largest absolute Gasteiger partial charge is 0.338 e. The van der Waals surface area contributed by atoms with Crippen LogP contribution in [0, 0.1) is 0 Å². The molecule has 0 spiro atoms. The van der Waals surface area contributed by atoms with Crippen molar-refractivity contribution in [3.63, 3.8) is 0 Å². The Morgan fingerprint density at radius 2 is 2.12 bits per heavy atom. The van der Waals surface area contributed by atoms with E-state index >= 15 is 0 Å². The van der Waals surface area contributed by atoms with E-state index in [1.807, 2.05) is 30.1 Å². The molecule has 0 aliphatic carbocycles. The fourth-order valence-corrected chi connectivity index (χ4v) is 2.12. The second-order valence-electron chi connectivity index (χ2n) is 4.32. The Morgan fingerprint density at radius 1 is 1.35 bits per heavy atom. The van der Waals surface area contributed by atoms with E-state index in [1.165, 1.54) is 11.1 Å². The fraction of sp³-hybridized carbons (Fsp3) is 0.357. The van der Waals surface area contributed by atoms with Gasteiger partial charge >= 0.3 is 0 Å². The SMILES string of the molecule is CCc1ccccc1C(N)Cc1nccn1C. The quantitative estimate of drug-likeness (QED) is 0.873. The third kappa shape index (κ3) is 2.56. The molecule has 0 amide bonds.